The highest BCUT2D eigenvalue weighted by Crippen LogP contribution is 2.62. The number of hydrogen-bond acceptors (Lipinski definition) is 2. The van der Waals surface area contributed by atoms with Gasteiger partial charge in [-0.3, -0.25) is 0 Å². The van der Waals surface area contributed by atoms with Crippen molar-refractivity contribution in [1.82, 2.24) is 0 Å². The summed E-state index contributed by atoms with van der Waals surface area (Å²) in [5.74, 6) is -47.5. The van der Waals surface area contributed by atoms with Gasteiger partial charge in [-0.25, -0.2) is 4.79 Å². The number of esters is 1. The Morgan fingerprint density at radius 2 is 1.06 bits per heavy atom. The Hall–Kier alpha value is -2.36. The van der Waals surface area contributed by atoms with E-state index < -0.39 is 73.6 Å². The van der Waals surface area contributed by atoms with Crippen LogP contribution in [0.2, 0.25) is 0 Å². The lowest BCUT2D eigenvalue weighted by atomic mass is 9.89. The average Bonchev–Trinajstić information content (AvgIpc) is 2.72. The maximum absolute atomic E-state index is 13.7. The number of unbranched alkanes of at least 4 members (excludes halogenated alkanes) is 1. The van der Waals surface area contributed by atoms with Crippen LogP contribution in [0.4, 0.5) is 65.9 Å². The van der Waals surface area contributed by atoms with Crippen molar-refractivity contribution in [3.8, 4) is 0 Å². The van der Waals surface area contributed by atoms with Crippen LogP contribution in [0.5, 0.6) is 0 Å². The van der Waals surface area contributed by atoms with Gasteiger partial charge in [0.15, 0.2) is 0 Å². The highest BCUT2D eigenvalue weighted by atomic mass is 19.4. The highest BCUT2D eigenvalue weighted by molar-refractivity contribution is 5.89. The Kier molecular flexibility index (Phi) is 8.65. The summed E-state index contributed by atoms with van der Waals surface area (Å²) in [5, 5.41) is 0. The van der Waals surface area contributed by atoms with Crippen LogP contribution in [0.1, 0.15) is 35.2 Å². The molecule has 0 unspecified atom stereocenters. The molecule has 0 radical (unpaired) electrons. The van der Waals surface area contributed by atoms with Gasteiger partial charge in [-0.2, -0.15) is 65.9 Å². The number of carbonyl (C=O) groups excluding carboxylic acids is 1. The molecule has 0 heterocycles. The molecule has 2 nitrogen and oxygen atoms in total. The van der Waals surface area contributed by atoms with Crippen LogP contribution in [-0.4, -0.2) is 54.3 Å². The van der Waals surface area contributed by atoms with Crippen LogP contribution in [0.25, 0.3) is 0 Å². The number of aryl methyl sites for hydroxylation is 1. The molecule has 0 fully saturated rings. The van der Waals surface area contributed by atoms with Crippen molar-refractivity contribution in [2.45, 2.75) is 67.9 Å². The number of ether oxygens (including phenoxy) is 1. The topological polar surface area (TPSA) is 26.3 Å². The number of halogens is 15. The lowest BCUT2D eigenvalue weighted by molar-refractivity contribution is -0.452. The predicted molar refractivity (Wildman–Crippen MR) is 91.0 cm³/mol. The lowest BCUT2D eigenvalue weighted by Crippen LogP contribution is -2.72. The van der Waals surface area contributed by atoms with Gasteiger partial charge in [0.25, 0.3) is 0 Å². The van der Waals surface area contributed by atoms with Crippen molar-refractivity contribution in [2.75, 3.05) is 6.61 Å². The number of alkyl halides is 15. The molecule has 0 spiro atoms. The molecule has 36 heavy (non-hydrogen) atoms. The van der Waals surface area contributed by atoms with Crippen LogP contribution in [0.15, 0.2) is 24.3 Å². The van der Waals surface area contributed by atoms with Crippen LogP contribution in [0, 0.1) is 6.92 Å². The fourth-order valence-electron chi connectivity index (χ4n) is 2.54. The minimum atomic E-state index is -8.30. The van der Waals surface area contributed by atoms with Crippen LogP contribution >= 0.6 is 0 Å². The molecule has 0 saturated heterocycles. The van der Waals surface area contributed by atoms with Crippen LogP contribution in [-0.2, 0) is 4.74 Å². The Balaban J connectivity index is 2.96. The van der Waals surface area contributed by atoms with Gasteiger partial charge >= 0.3 is 47.7 Å². The smallest absolute Gasteiger partial charge is 0.460 e. The summed E-state index contributed by atoms with van der Waals surface area (Å²) < 4.78 is 201. The second-order valence-electron chi connectivity index (χ2n) is 7.53. The van der Waals surface area contributed by atoms with Crippen molar-refractivity contribution in [3.05, 3.63) is 35.4 Å². The zero-order valence-corrected chi connectivity index (χ0v) is 17.6. The zero-order chi connectivity index (χ0) is 28.6. The first kappa shape index (κ1) is 31.7. The van der Waals surface area contributed by atoms with Crippen molar-refractivity contribution < 1.29 is 75.4 Å². The molecule has 0 aliphatic carbocycles. The van der Waals surface area contributed by atoms with E-state index in [1.807, 2.05) is 0 Å². The second kappa shape index (κ2) is 9.84. The normalized spacial score (nSPS) is 14.7. The molecule has 1 rings (SSSR count). The van der Waals surface area contributed by atoms with E-state index >= 15 is 0 Å². The monoisotopic (exact) mass is 560 g/mol. The van der Waals surface area contributed by atoms with Crippen molar-refractivity contribution in [1.29, 1.82) is 0 Å². The fraction of sp³-hybridized carbons (Fsp3) is 0.632. The maximum Gasteiger partial charge on any atom is 0.460 e. The first-order valence-electron chi connectivity index (χ1n) is 9.46. The summed E-state index contributed by atoms with van der Waals surface area (Å²) in [6.07, 6.45) is -12.1. The molecule has 17 heteroatoms. The number of carbonyl (C=O) groups is 1. The lowest BCUT2D eigenvalue weighted by Gasteiger charge is -2.41. The molecule has 0 aromatic heterocycles. The highest BCUT2D eigenvalue weighted by Gasteiger charge is 2.93. The molecule has 208 valence electrons. The maximum atomic E-state index is 13.7. The number of benzene rings is 1. The summed E-state index contributed by atoms with van der Waals surface area (Å²) in [6, 6.07) is 5.52. The van der Waals surface area contributed by atoms with Gasteiger partial charge in [-0.15, -0.1) is 0 Å². The Labute approximate surface area is 192 Å². The molecule has 0 aliphatic rings. The molecular weight excluding hydrogens is 545 g/mol. The van der Waals surface area contributed by atoms with E-state index in [2.05, 4.69) is 4.74 Å². The van der Waals surface area contributed by atoms with Crippen LogP contribution < -0.4 is 0 Å². The molecule has 0 atom stereocenters. The van der Waals surface area contributed by atoms with E-state index in [1.54, 1.807) is 6.92 Å². The Morgan fingerprint density at radius 1 is 0.639 bits per heavy atom. The third-order valence-corrected chi connectivity index (χ3v) is 4.80. The zero-order valence-electron chi connectivity index (χ0n) is 17.6. The first-order valence-corrected chi connectivity index (χ1v) is 9.46. The third-order valence-electron chi connectivity index (χ3n) is 4.80. The second-order valence-corrected chi connectivity index (χ2v) is 7.53. The molecule has 0 amide bonds. The van der Waals surface area contributed by atoms with Gasteiger partial charge < -0.3 is 4.74 Å². The molecule has 1 aromatic rings. The van der Waals surface area contributed by atoms with Gasteiger partial charge in [0, 0.05) is 6.42 Å². The van der Waals surface area contributed by atoms with Crippen molar-refractivity contribution in [2.24, 2.45) is 0 Å². The van der Waals surface area contributed by atoms with Gasteiger partial charge in [0.2, 0.25) is 0 Å². The Bertz CT molecular complexity index is 904. The van der Waals surface area contributed by atoms with Gasteiger partial charge in [-0.1, -0.05) is 17.7 Å². The third kappa shape index (κ3) is 5.33. The molecule has 0 N–H and O–H groups in total. The van der Waals surface area contributed by atoms with Gasteiger partial charge in [0.05, 0.1) is 12.2 Å². The van der Waals surface area contributed by atoms with E-state index in [-0.39, 0.29) is 5.56 Å². The predicted octanol–water partition coefficient (Wildman–Crippen LogP) is 7.70. The molecular formula is C19H15F15O2. The van der Waals surface area contributed by atoms with Gasteiger partial charge in [-0.05, 0) is 31.9 Å². The summed E-state index contributed by atoms with van der Waals surface area (Å²) in [7, 11) is 0. The van der Waals surface area contributed by atoms with E-state index in [4.69, 9.17) is 0 Å². The van der Waals surface area contributed by atoms with Crippen molar-refractivity contribution in [3.63, 3.8) is 0 Å². The van der Waals surface area contributed by atoms with E-state index in [0.717, 1.165) is 5.56 Å². The SMILES string of the molecule is Cc1ccc(C(=O)OCCCCC(F)(F)C(F)(F)C(F)(F)C(F)(F)C(F)(F)C(F)(F)C(F)(F)F)cc1. The standard InChI is InChI=1S/C19H15F15O2/c1-10-4-6-11(7-5-10)12(35)36-9-3-2-8-13(20,21)14(22,23)15(24,25)16(26,27)17(28,29)18(30,31)19(32,33)34/h4-7H,2-3,8-9H2,1H3. The first-order chi connectivity index (χ1) is 15.9. The number of hydrogen-bond donors (Lipinski definition) is 0. The quantitative estimate of drug-likeness (QED) is 0.158. The molecule has 1 aromatic carbocycles. The molecule has 0 saturated carbocycles. The minimum absolute atomic E-state index is 0.0316. The van der Waals surface area contributed by atoms with E-state index in [0.29, 0.717) is 0 Å². The molecule has 0 aliphatic heterocycles. The van der Waals surface area contributed by atoms with E-state index in [1.165, 1.54) is 24.3 Å². The Morgan fingerprint density at radius 3 is 1.50 bits per heavy atom. The average molecular weight is 560 g/mol. The summed E-state index contributed by atoms with van der Waals surface area (Å²) in [5.41, 5.74) is 0.702. The number of rotatable bonds is 11. The van der Waals surface area contributed by atoms with Crippen molar-refractivity contribution >= 4 is 5.97 Å². The van der Waals surface area contributed by atoms with E-state index in [9.17, 15) is 70.7 Å². The summed E-state index contributed by atoms with van der Waals surface area (Å²) in [4.78, 5) is 11.7. The molecule has 0 bridgehead atoms. The summed E-state index contributed by atoms with van der Waals surface area (Å²) >= 11 is 0. The fourth-order valence-corrected chi connectivity index (χ4v) is 2.54. The minimum Gasteiger partial charge on any atom is -0.462 e. The van der Waals surface area contributed by atoms with Gasteiger partial charge in [0.1, 0.15) is 0 Å². The summed E-state index contributed by atoms with van der Waals surface area (Å²) in [6.45, 7) is 0.879. The largest absolute Gasteiger partial charge is 0.462 e. The van der Waals surface area contributed by atoms with Crippen LogP contribution in [0.3, 0.4) is 0 Å².